The highest BCUT2D eigenvalue weighted by Gasteiger charge is 2.19. The molecular formula is C23H28ClNO4. The van der Waals surface area contributed by atoms with E-state index in [2.05, 4.69) is 11.4 Å². The number of rotatable bonds is 8. The van der Waals surface area contributed by atoms with E-state index in [0.717, 1.165) is 31.2 Å². The third kappa shape index (κ3) is 6.46. The van der Waals surface area contributed by atoms with Gasteiger partial charge in [0.2, 0.25) is 0 Å². The molecule has 2 aromatic rings. The van der Waals surface area contributed by atoms with Crippen molar-refractivity contribution >= 4 is 17.6 Å². The van der Waals surface area contributed by atoms with Crippen molar-refractivity contribution in [2.24, 2.45) is 0 Å². The van der Waals surface area contributed by atoms with Gasteiger partial charge >= 0.3 is 5.97 Å². The van der Waals surface area contributed by atoms with Gasteiger partial charge in [-0.25, -0.2) is 4.79 Å². The summed E-state index contributed by atoms with van der Waals surface area (Å²) in [4.78, 5) is 11.5. The Labute approximate surface area is 177 Å². The van der Waals surface area contributed by atoms with Gasteiger partial charge in [0.1, 0.15) is 5.75 Å². The number of nitrogens with one attached hydrogen (secondary N) is 1. The van der Waals surface area contributed by atoms with E-state index in [9.17, 15) is 9.90 Å². The Bertz CT molecular complexity index is 826. The number of carbonyl (C=O) groups excluding carboxylic acids is 1. The zero-order valence-electron chi connectivity index (χ0n) is 16.7. The number of fused-ring (bicyclic) bond motifs is 1. The second-order valence-electron chi connectivity index (χ2n) is 7.30. The predicted molar refractivity (Wildman–Crippen MR) is 113 cm³/mol. The van der Waals surface area contributed by atoms with Gasteiger partial charge in [0.15, 0.2) is 6.61 Å². The molecule has 0 heterocycles. The normalized spacial score (nSPS) is 17.1. The molecule has 156 valence electrons. The SMILES string of the molecule is CCOC(=O)COc1ccc2c(c1)C[C@@H](NC[C@H](O)c1cccc(Cl)c1)CCC2. The number of carbonyl (C=O) groups is 1. The summed E-state index contributed by atoms with van der Waals surface area (Å²) in [7, 11) is 0. The smallest absolute Gasteiger partial charge is 0.344 e. The van der Waals surface area contributed by atoms with Crippen molar-refractivity contribution in [3.05, 3.63) is 64.2 Å². The fraction of sp³-hybridized carbons (Fsp3) is 0.435. The standard InChI is InChI=1S/C23H28ClNO4/c1-2-28-23(27)15-29-21-10-9-16-5-4-8-20(12-18(16)13-21)25-14-22(26)17-6-3-7-19(24)11-17/h3,6-7,9-11,13,20,22,25-26H,2,4-5,8,12,14-15H2,1H3/t20-,22-/m0/s1. The summed E-state index contributed by atoms with van der Waals surface area (Å²) in [6.45, 7) is 2.51. The quantitative estimate of drug-likeness (QED) is 0.504. The lowest BCUT2D eigenvalue weighted by molar-refractivity contribution is -0.145. The molecule has 2 atom stereocenters. The summed E-state index contributed by atoms with van der Waals surface area (Å²) in [5.74, 6) is 0.313. The monoisotopic (exact) mass is 417 g/mol. The van der Waals surface area contributed by atoms with Crippen LogP contribution in [0.5, 0.6) is 5.75 Å². The molecule has 2 aromatic carbocycles. The van der Waals surface area contributed by atoms with Crippen LogP contribution in [0.2, 0.25) is 5.02 Å². The highest BCUT2D eigenvalue weighted by atomic mass is 35.5. The van der Waals surface area contributed by atoms with Crippen LogP contribution in [0, 0.1) is 0 Å². The first-order valence-corrected chi connectivity index (χ1v) is 10.5. The Morgan fingerprint density at radius 2 is 2.14 bits per heavy atom. The van der Waals surface area contributed by atoms with Gasteiger partial charge in [0, 0.05) is 17.6 Å². The van der Waals surface area contributed by atoms with Crippen molar-refractivity contribution in [3.8, 4) is 5.75 Å². The number of hydrogen-bond acceptors (Lipinski definition) is 5. The molecule has 0 aromatic heterocycles. The summed E-state index contributed by atoms with van der Waals surface area (Å²) < 4.78 is 10.5. The number of esters is 1. The van der Waals surface area contributed by atoms with Gasteiger partial charge in [0.05, 0.1) is 12.7 Å². The Kier molecular flexibility index (Phi) is 7.92. The van der Waals surface area contributed by atoms with Crippen LogP contribution in [-0.2, 0) is 22.4 Å². The van der Waals surface area contributed by atoms with Crippen LogP contribution < -0.4 is 10.1 Å². The minimum absolute atomic E-state index is 0.0832. The number of halogens is 1. The minimum Gasteiger partial charge on any atom is -0.482 e. The maximum Gasteiger partial charge on any atom is 0.344 e. The predicted octanol–water partition coefficient (Wildman–Crippen LogP) is 3.85. The molecule has 6 heteroatoms. The molecule has 0 saturated heterocycles. The van der Waals surface area contributed by atoms with E-state index in [4.69, 9.17) is 21.1 Å². The van der Waals surface area contributed by atoms with Crippen LogP contribution in [0.4, 0.5) is 0 Å². The van der Waals surface area contributed by atoms with Crippen LogP contribution >= 0.6 is 11.6 Å². The lowest BCUT2D eigenvalue weighted by Gasteiger charge is -2.20. The summed E-state index contributed by atoms with van der Waals surface area (Å²) in [5, 5.41) is 14.6. The van der Waals surface area contributed by atoms with E-state index < -0.39 is 6.10 Å². The summed E-state index contributed by atoms with van der Waals surface area (Å²) in [6, 6.07) is 13.6. The lowest BCUT2D eigenvalue weighted by atomic mass is 10.0. The van der Waals surface area contributed by atoms with Crippen molar-refractivity contribution in [2.45, 2.75) is 44.8 Å². The van der Waals surface area contributed by atoms with Crippen LogP contribution in [-0.4, -0.2) is 36.9 Å². The van der Waals surface area contributed by atoms with Crippen molar-refractivity contribution in [2.75, 3.05) is 19.8 Å². The highest BCUT2D eigenvalue weighted by molar-refractivity contribution is 6.30. The number of aliphatic hydroxyl groups excluding tert-OH is 1. The number of benzene rings is 2. The number of aliphatic hydroxyl groups is 1. The highest BCUT2D eigenvalue weighted by Crippen LogP contribution is 2.26. The molecule has 0 amide bonds. The molecule has 2 N–H and O–H groups in total. The molecule has 0 spiro atoms. The van der Waals surface area contributed by atoms with Gasteiger partial charge in [-0.15, -0.1) is 0 Å². The average Bonchev–Trinajstić information content (AvgIpc) is 2.92. The Morgan fingerprint density at radius 1 is 1.28 bits per heavy atom. The number of ether oxygens (including phenoxy) is 2. The van der Waals surface area contributed by atoms with Gasteiger partial charge in [-0.05, 0) is 73.6 Å². The third-order valence-corrected chi connectivity index (χ3v) is 5.37. The molecule has 1 aliphatic rings. The van der Waals surface area contributed by atoms with E-state index in [1.165, 1.54) is 11.1 Å². The van der Waals surface area contributed by atoms with E-state index in [0.29, 0.717) is 23.9 Å². The van der Waals surface area contributed by atoms with Gasteiger partial charge in [0.25, 0.3) is 0 Å². The molecule has 0 bridgehead atoms. The molecule has 0 saturated carbocycles. The molecule has 1 aliphatic carbocycles. The maximum absolute atomic E-state index is 11.5. The second-order valence-corrected chi connectivity index (χ2v) is 7.73. The number of aryl methyl sites for hydroxylation is 1. The third-order valence-electron chi connectivity index (χ3n) is 5.14. The molecule has 0 unspecified atom stereocenters. The van der Waals surface area contributed by atoms with Gasteiger partial charge < -0.3 is 19.9 Å². The van der Waals surface area contributed by atoms with Crippen LogP contribution in [0.1, 0.15) is 42.6 Å². The number of hydrogen-bond donors (Lipinski definition) is 2. The lowest BCUT2D eigenvalue weighted by Crippen LogP contribution is -2.34. The first-order valence-electron chi connectivity index (χ1n) is 10.1. The first kappa shape index (κ1) is 21.6. The van der Waals surface area contributed by atoms with Crippen LogP contribution in [0.3, 0.4) is 0 Å². The fourth-order valence-electron chi connectivity index (χ4n) is 3.66. The fourth-order valence-corrected chi connectivity index (χ4v) is 3.86. The van der Waals surface area contributed by atoms with E-state index in [1.54, 1.807) is 19.1 Å². The van der Waals surface area contributed by atoms with Gasteiger partial charge in [-0.2, -0.15) is 0 Å². The van der Waals surface area contributed by atoms with E-state index in [1.807, 2.05) is 24.3 Å². The summed E-state index contributed by atoms with van der Waals surface area (Å²) in [5.41, 5.74) is 3.35. The van der Waals surface area contributed by atoms with Crippen molar-refractivity contribution in [1.29, 1.82) is 0 Å². The zero-order chi connectivity index (χ0) is 20.6. The molecular weight excluding hydrogens is 390 g/mol. The molecule has 29 heavy (non-hydrogen) atoms. The van der Waals surface area contributed by atoms with E-state index in [-0.39, 0.29) is 18.6 Å². The van der Waals surface area contributed by atoms with Crippen molar-refractivity contribution in [1.82, 2.24) is 5.32 Å². The summed E-state index contributed by atoms with van der Waals surface area (Å²) in [6.07, 6.45) is 3.39. The Balaban J connectivity index is 1.58. The van der Waals surface area contributed by atoms with Crippen molar-refractivity contribution < 1.29 is 19.4 Å². The largest absolute Gasteiger partial charge is 0.482 e. The molecule has 0 radical (unpaired) electrons. The van der Waals surface area contributed by atoms with Crippen LogP contribution in [0.15, 0.2) is 42.5 Å². The van der Waals surface area contributed by atoms with Crippen molar-refractivity contribution in [3.63, 3.8) is 0 Å². The maximum atomic E-state index is 11.5. The molecule has 0 aliphatic heterocycles. The second kappa shape index (κ2) is 10.6. The average molecular weight is 418 g/mol. The summed E-state index contributed by atoms with van der Waals surface area (Å²) >= 11 is 6.02. The van der Waals surface area contributed by atoms with E-state index >= 15 is 0 Å². The van der Waals surface area contributed by atoms with Gasteiger partial charge in [-0.1, -0.05) is 29.8 Å². The first-order chi connectivity index (χ1) is 14.0. The zero-order valence-corrected chi connectivity index (χ0v) is 17.5. The Hall–Kier alpha value is -2.08. The molecule has 0 fully saturated rings. The Morgan fingerprint density at radius 3 is 2.93 bits per heavy atom. The van der Waals surface area contributed by atoms with Crippen LogP contribution in [0.25, 0.3) is 0 Å². The topological polar surface area (TPSA) is 67.8 Å². The molecule has 5 nitrogen and oxygen atoms in total. The molecule has 3 rings (SSSR count). The minimum atomic E-state index is -0.601. The van der Waals surface area contributed by atoms with Gasteiger partial charge in [-0.3, -0.25) is 0 Å².